The Kier molecular flexibility index (Phi) is 5.25. The van der Waals surface area contributed by atoms with Gasteiger partial charge >= 0.3 is 0 Å². The summed E-state index contributed by atoms with van der Waals surface area (Å²) >= 11 is 0. The lowest BCUT2D eigenvalue weighted by molar-refractivity contribution is 0.247. The van der Waals surface area contributed by atoms with Gasteiger partial charge in [-0.1, -0.05) is 0 Å². The molecule has 5 rings (SSSR count). The van der Waals surface area contributed by atoms with Gasteiger partial charge in [-0.3, -0.25) is 0 Å². The number of methoxy groups -OCH3 is 3. The van der Waals surface area contributed by atoms with Gasteiger partial charge in [0.05, 0.1) is 38.2 Å². The largest absolute Gasteiger partial charge is 0.497 e. The van der Waals surface area contributed by atoms with Crippen LogP contribution in [0.4, 0.5) is 5.69 Å². The highest BCUT2D eigenvalue weighted by molar-refractivity contribution is 7.89. The average Bonchev–Trinajstić information content (AvgIpc) is 3.35. The van der Waals surface area contributed by atoms with Crippen LogP contribution in [-0.2, 0) is 15.6 Å². The van der Waals surface area contributed by atoms with Gasteiger partial charge in [0.2, 0.25) is 10.0 Å². The zero-order valence-electron chi connectivity index (χ0n) is 18.9. The van der Waals surface area contributed by atoms with Gasteiger partial charge < -0.3 is 24.1 Å². The SMILES string of the molecule is COc1ccc2c(c1)NC1(CCN(S(=O)(=O)c3cc(OC)ccc3OC)CC1)c1cccn1-2. The summed E-state index contributed by atoms with van der Waals surface area (Å²) in [6.07, 6.45) is 3.30. The maximum absolute atomic E-state index is 13.5. The normalized spacial score (nSPS) is 17.1. The van der Waals surface area contributed by atoms with Gasteiger partial charge in [0.1, 0.15) is 22.1 Å². The van der Waals surface area contributed by atoms with Crippen LogP contribution in [0.2, 0.25) is 0 Å². The summed E-state index contributed by atoms with van der Waals surface area (Å²) in [7, 11) is 0.880. The third-order valence-corrected chi connectivity index (χ3v) is 8.56. The maximum Gasteiger partial charge on any atom is 0.246 e. The molecule has 1 spiro atoms. The minimum atomic E-state index is -3.75. The number of nitrogens with zero attached hydrogens (tertiary/aromatic N) is 2. The first kappa shape index (κ1) is 21.7. The number of benzene rings is 2. The second kappa shape index (κ2) is 8.00. The fourth-order valence-corrected chi connectivity index (χ4v) is 6.48. The van der Waals surface area contributed by atoms with E-state index in [-0.39, 0.29) is 10.4 Å². The third kappa shape index (κ3) is 3.43. The van der Waals surface area contributed by atoms with Gasteiger partial charge in [-0.15, -0.1) is 0 Å². The highest BCUT2D eigenvalue weighted by Crippen LogP contribution is 2.45. The molecule has 9 heteroatoms. The van der Waals surface area contributed by atoms with Gasteiger partial charge in [-0.2, -0.15) is 4.31 Å². The summed E-state index contributed by atoms with van der Waals surface area (Å²) in [6, 6.07) is 14.9. The van der Waals surface area contributed by atoms with E-state index < -0.39 is 10.0 Å². The fourth-order valence-electron chi connectivity index (χ4n) is 4.87. The van der Waals surface area contributed by atoms with Crippen LogP contribution in [0.25, 0.3) is 5.69 Å². The second-order valence-corrected chi connectivity index (χ2v) is 10.2. The van der Waals surface area contributed by atoms with Crippen LogP contribution < -0.4 is 19.5 Å². The topological polar surface area (TPSA) is 82.0 Å². The Labute approximate surface area is 193 Å². The number of sulfonamides is 1. The van der Waals surface area contributed by atoms with E-state index in [0.29, 0.717) is 37.4 Å². The molecule has 1 N–H and O–H groups in total. The van der Waals surface area contributed by atoms with E-state index in [1.54, 1.807) is 19.2 Å². The Morgan fingerprint density at radius 2 is 1.61 bits per heavy atom. The van der Waals surface area contributed by atoms with Crippen molar-refractivity contribution in [2.45, 2.75) is 23.3 Å². The summed E-state index contributed by atoms with van der Waals surface area (Å²) in [5.74, 6) is 1.55. The molecule has 8 nitrogen and oxygen atoms in total. The molecule has 2 aromatic carbocycles. The van der Waals surface area contributed by atoms with Crippen LogP contribution in [-0.4, -0.2) is 51.7 Å². The average molecular weight is 470 g/mol. The summed E-state index contributed by atoms with van der Waals surface area (Å²) < 4.78 is 46.8. The standard InChI is InChI=1S/C24H27N3O5S/c1-30-17-6-8-20-19(15-17)25-24(23-5-4-12-27(20)23)10-13-26(14-11-24)33(28,29)22-16-18(31-2)7-9-21(22)32-3/h4-9,12,15-16,25H,10-11,13-14H2,1-3H3. The Morgan fingerprint density at radius 3 is 2.30 bits per heavy atom. The molecule has 0 saturated carbocycles. The molecular formula is C24H27N3O5S. The molecule has 3 heterocycles. The molecule has 0 radical (unpaired) electrons. The molecule has 0 bridgehead atoms. The molecule has 3 aromatic rings. The van der Waals surface area contributed by atoms with Crippen molar-refractivity contribution < 1.29 is 22.6 Å². The number of rotatable bonds is 5. The lowest BCUT2D eigenvalue weighted by Gasteiger charge is -2.46. The predicted octanol–water partition coefficient (Wildman–Crippen LogP) is 3.61. The monoisotopic (exact) mass is 469 g/mol. The first-order chi connectivity index (χ1) is 15.9. The van der Waals surface area contributed by atoms with Gasteiger partial charge in [0.15, 0.2) is 0 Å². The Balaban J connectivity index is 1.46. The smallest absolute Gasteiger partial charge is 0.246 e. The van der Waals surface area contributed by atoms with Crippen molar-refractivity contribution in [3.05, 3.63) is 60.4 Å². The van der Waals surface area contributed by atoms with E-state index in [9.17, 15) is 8.42 Å². The van der Waals surface area contributed by atoms with Crippen molar-refractivity contribution >= 4 is 15.7 Å². The molecular weight excluding hydrogens is 442 g/mol. The Bertz CT molecular complexity index is 1290. The van der Waals surface area contributed by atoms with E-state index >= 15 is 0 Å². The molecule has 33 heavy (non-hydrogen) atoms. The first-order valence-electron chi connectivity index (χ1n) is 10.8. The number of piperidine rings is 1. The number of aromatic nitrogens is 1. The Hall–Kier alpha value is -3.17. The second-order valence-electron chi connectivity index (χ2n) is 8.27. The number of hydrogen-bond donors (Lipinski definition) is 1. The van der Waals surface area contributed by atoms with E-state index in [2.05, 4.69) is 16.0 Å². The number of anilines is 1. The van der Waals surface area contributed by atoms with Crippen LogP contribution in [0.3, 0.4) is 0 Å². The van der Waals surface area contributed by atoms with Crippen LogP contribution in [0.5, 0.6) is 17.2 Å². The van der Waals surface area contributed by atoms with Crippen LogP contribution in [0.15, 0.2) is 59.6 Å². The van der Waals surface area contributed by atoms with Gasteiger partial charge in [-0.25, -0.2) is 8.42 Å². The van der Waals surface area contributed by atoms with Gasteiger partial charge in [-0.05, 0) is 49.2 Å². The van der Waals surface area contributed by atoms with Crippen molar-refractivity contribution in [2.24, 2.45) is 0 Å². The minimum Gasteiger partial charge on any atom is -0.497 e. The van der Waals surface area contributed by atoms with E-state index in [0.717, 1.165) is 22.8 Å². The Morgan fingerprint density at radius 1 is 0.909 bits per heavy atom. The van der Waals surface area contributed by atoms with E-state index in [4.69, 9.17) is 14.2 Å². The van der Waals surface area contributed by atoms with Gasteiger partial charge in [0.25, 0.3) is 0 Å². The lowest BCUT2D eigenvalue weighted by atomic mass is 9.83. The molecule has 2 aliphatic rings. The molecule has 0 atom stereocenters. The zero-order chi connectivity index (χ0) is 23.2. The summed E-state index contributed by atoms with van der Waals surface area (Å²) in [5.41, 5.74) is 2.80. The molecule has 1 aromatic heterocycles. The number of nitrogens with one attached hydrogen (secondary N) is 1. The van der Waals surface area contributed by atoms with Crippen LogP contribution in [0, 0.1) is 0 Å². The number of fused-ring (bicyclic) bond motifs is 4. The van der Waals surface area contributed by atoms with E-state index in [1.807, 2.05) is 30.5 Å². The van der Waals surface area contributed by atoms with Crippen molar-refractivity contribution in [3.8, 4) is 22.9 Å². The number of ether oxygens (including phenoxy) is 3. The quantitative estimate of drug-likeness (QED) is 0.615. The van der Waals surface area contributed by atoms with Gasteiger partial charge in [0, 0.05) is 37.1 Å². The maximum atomic E-state index is 13.5. The predicted molar refractivity (Wildman–Crippen MR) is 125 cm³/mol. The minimum absolute atomic E-state index is 0.121. The van der Waals surface area contributed by atoms with Crippen molar-refractivity contribution in [1.82, 2.24) is 8.87 Å². The molecule has 0 aliphatic carbocycles. The summed E-state index contributed by atoms with van der Waals surface area (Å²) in [6.45, 7) is 0.750. The summed E-state index contributed by atoms with van der Waals surface area (Å²) in [4.78, 5) is 0.121. The molecule has 2 aliphatic heterocycles. The molecule has 1 saturated heterocycles. The number of hydrogen-bond acceptors (Lipinski definition) is 6. The highest BCUT2D eigenvalue weighted by Gasteiger charge is 2.44. The zero-order valence-corrected chi connectivity index (χ0v) is 19.7. The molecule has 0 amide bonds. The molecule has 0 unspecified atom stereocenters. The van der Waals surface area contributed by atoms with Crippen LogP contribution >= 0.6 is 0 Å². The van der Waals surface area contributed by atoms with Crippen LogP contribution in [0.1, 0.15) is 18.5 Å². The van der Waals surface area contributed by atoms with E-state index in [1.165, 1.54) is 24.6 Å². The summed E-state index contributed by atoms with van der Waals surface area (Å²) in [5, 5.41) is 3.71. The third-order valence-electron chi connectivity index (χ3n) is 6.64. The van der Waals surface area contributed by atoms with Crippen molar-refractivity contribution in [2.75, 3.05) is 39.7 Å². The molecule has 1 fully saturated rings. The highest BCUT2D eigenvalue weighted by atomic mass is 32.2. The fraction of sp³-hybridized carbons (Fsp3) is 0.333. The van der Waals surface area contributed by atoms with Crippen molar-refractivity contribution in [1.29, 1.82) is 0 Å². The lowest BCUT2D eigenvalue weighted by Crippen LogP contribution is -2.51. The first-order valence-corrected chi connectivity index (χ1v) is 12.2. The van der Waals surface area contributed by atoms with Crippen molar-refractivity contribution in [3.63, 3.8) is 0 Å². The molecule has 174 valence electrons.